The van der Waals surface area contributed by atoms with Gasteiger partial charge in [-0.1, -0.05) is 0 Å². The van der Waals surface area contributed by atoms with E-state index in [0.29, 0.717) is 0 Å². The predicted octanol–water partition coefficient (Wildman–Crippen LogP) is -5.55. The summed E-state index contributed by atoms with van der Waals surface area (Å²) in [6, 6.07) is 0. The molecule has 12 heavy (non-hydrogen) atoms. The Morgan fingerprint density at radius 3 is 0.500 bits per heavy atom. The van der Waals surface area contributed by atoms with Crippen molar-refractivity contribution in [2.24, 2.45) is 0 Å². The maximum absolute atomic E-state index is 1.88. The molecule has 0 nitrogen and oxygen atoms in total. The molecule has 0 unspecified atom stereocenters. The van der Waals surface area contributed by atoms with Crippen molar-refractivity contribution in [1.29, 1.82) is 0 Å². The Kier molecular flexibility index (Phi) is 7.29. The van der Waals surface area contributed by atoms with Gasteiger partial charge in [-0.25, -0.2) is 0 Å². The van der Waals surface area contributed by atoms with Crippen LogP contribution in [0, 0.1) is 0 Å². The number of benzene rings is 1. The summed E-state index contributed by atoms with van der Waals surface area (Å²) >= 11 is 11.3. The number of rotatable bonds is 0. The SMILES string of the molecule is [Sb][c]1[c]([Sb])[c]([Sb])[c]([Sb])[c]([Sb])[c]1[Sb]. The number of hydrogen-bond donors (Lipinski definition) is 0. The maximum atomic E-state index is 1.88. The van der Waals surface area contributed by atoms with Crippen LogP contribution in [0.25, 0.3) is 0 Å². The van der Waals surface area contributed by atoms with Crippen molar-refractivity contribution in [1.82, 2.24) is 0 Å². The van der Waals surface area contributed by atoms with Crippen LogP contribution in [0.4, 0.5) is 0 Å². The third kappa shape index (κ3) is 3.08. The van der Waals surface area contributed by atoms with E-state index in [2.05, 4.69) is 0 Å². The minimum absolute atomic E-state index is 1.58. The molecule has 0 atom stereocenters. The molecule has 0 N–H and O–H groups in total. The summed E-state index contributed by atoms with van der Waals surface area (Å²) in [5, 5.41) is 0. The van der Waals surface area contributed by atoms with Crippen LogP contribution in [0.5, 0.6) is 0 Å². The van der Waals surface area contributed by atoms with E-state index in [0.717, 1.165) is 0 Å². The van der Waals surface area contributed by atoms with Crippen molar-refractivity contribution in [2.45, 2.75) is 0 Å². The van der Waals surface area contributed by atoms with Crippen LogP contribution < -0.4 is 21.1 Å². The Morgan fingerprint density at radius 2 is 0.417 bits per heavy atom. The van der Waals surface area contributed by atoms with Crippen molar-refractivity contribution < 1.29 is 0 Å². The molecule has 0 fully saturated rings. The molecule has 0 heterocycles. The summed E-state index contributed by atoms with van der Waals surface area (Å²) in [7, 11) is 0. The Balaban J connectivity index is 3.60. The molecule has 1 aromatic rings. The Bertz CT molecular complexity index is 226. The van der Waals surface area contributed by atoms with Crippen molar-refractivity contribution in [3.8, 4) is 0 Å². The molecule has 0 aliphatic carbocycles. The predicted molar refractivity (Wildman–Crippen MR) is 58.8 cm³/mol. The van der Waals surface area contributed by atoms with Crippen LogP contribution in [-0.2, 0) is 0 Å². The van der Waals surface area contributed by atoms with Gasteiger partial charge >= 0.3 is 159 Å². The zero-order valence-corrected chi connectivity index (χ0v) is 21.0. The quantitative estimate of drug-likeness (QED) is 0.230. The van der Waals surface area contributed by atoms with Gasteiger partial charge < -0.3 is 0 Å². The zero-order valence-electron chi connectivity index (χ0n) is 5.68. The third-order valence-electron chi connectivity index (χ3n) is 1.35. The molecular formula is C6Sb6. The van der Waals surface area contributed by atoms with Gasteiger partial charge in [0.2, 0.25) is 0 Å². The molecule has 1 rings (SSSR count). The van der Waals surface area contributed by atoms with E-state index in [9.17, 15) is 0 Å². The molecule has 6 heteroatoms. The van der Waals surface area contributed by atoms with Crippen molar-refractivity contribution in [3.05, 3.63) is 0 Å². The molecule has 54 valence electrons. The average Bonchev–Trinajstić information content (AvgIpc) is 2.08. The van der Waals surface area contributed by atoms with Gasteiger partial charge in [0, 0.05) is 0 Å². The van der Waals surface area contributed by atoms with Crippen LogP contribution in [0.2, 0.25) is 0 Å². The van der Waals surface area contributed by atoms with Crippen LogP contribution in [-0.4, -0.2) is 138 Å². The van der Waals surface area contributed by atoms with E-state index in [1.54, 1.807) is 21.1 Å². The van der Waals surface area contributed by atoms with E-state index in [-0.39, 0.29) is 0 Å². The van der Waals surface area contributed by atoms with Gasteiger partial charge in [-0.05, 0) is 0 Å². The second kappa shape index (κ2) is 6.17. The summed E-state index contributed by atoms with van der Waals surface area (Å²) < 4.78 is 9.49. The summed E-state index contributed by atoms with van der Waals surface area (Å²) in [5.41, 5.74) is 0. The molecule has 1 aromatic carbocycles. The molecule has 12 radical (unpaired) electrons. The van der Waals surface area contributed by atoms with Crippen LogP contribution in [0.15, 0.2) is 0 Å². The Labute approximate surface area is 155 Å². The van der Waals surface area contributed by atoms with E-state index < -0.39 is 0 Å². The molecule has 0 saturated heterocycles. The van der Waals surface area contributed by atoms with E-state index in [1.165, 1.54) is 0 Å². The van der Waals surface area contributed by atoms with Gasteiger partial charge in [-0.2, -0.15) is 0 Å². The van der Waals surface area contributed by atoms with Gasteiger partial charge in [-0.3, -0.25) is 0 Å². The van der Waals surface area contributed by atoms with Crippen molar-refractivity contribution in [2.75, 3.05) is 0 Å². The van der Waals surface area contributed by atoms with Crippen LogP contribution in [0.1, 0.15) is 0 Å². The first-order chi connectivity index (χ1) is 5.46. The van der Waals surface area contributed by atoms with Gasteiger partial charge in [0.05, 0.1) is 0 Å². The first-order valence-electron chi connectivity index (χ1n) is 2.84. The number of hydrogen-bond acceptors (Lipinski definition) is 0. The second-order valence-electron chi connectivity index (χ2n) is 2.09. The van der Waals surface area contributed by atoms with E-state index in [1.807, 2.05) is 138 Å². The normalized spacial score (nSPS) is 10.5. The topological polar surface area (TPSA) is 0 Å². The fraction of sp³-hybridized carbons (Fsp3) is 0. The average molecular weight is 803 g/mol. The summed E-state index contributed by atoms with van der Waals surface area (Å²) in [4.78, 5) is 0. The molecule has 0 saturated carbocycles. The minimum atomic E-state index is 1.58. The molecule has 0 aliphatic rings. The van der Waals surface area contributed by atoms with Gasteiger partial charge in [0.15, 0.2) is 0 Å². The Hall–Kier alpha value is 4.13. The molecule has 0 amide bonds. The zero-order chi connectivity index (χ0) is 9.46. The Morgan fingerprint density at radius 1 is 0.333 bits per heavy atom. The third-order valence-corrected chi connectivity index (χ3v) is 18.4. The van der Waals surface area contributed by atoms with Gasteiger partial charge in [0.1, 0.15) is 0 Å². The molecule has 0 aromatic heterocycles. The molecular weight excluding hydrogens is 803 g/mol. The molecule has 0 aliphatic heterocycles. The fourth-order valence-corrected chi connectivity index (χ4v) is 9.19. The monoisotopic (exact) mass is 797 g/mol. The van der Waals surface area contributed by atoms with E-state index >= 15 is 0 Å². The van der Waals surface area contributed by atoms with Crippen LogP contribution >= 0.6 is 0 Å². The summed E-state index contributed by atoms with van der Waals surface area (Å²) in [5.74, 6) is 0. The first kappa shape index (κ1) is 14.2. The first-order valence-corrected chi connectivity index (χ1v) is 10.5. The van der Waals surface area contributed by atoms with Gasteiger partial charge in [0.25, 0.3) is 0 Å². The van der Waals surface area contributed by atoms with E-state index in [4.69, 9.17) is 0 Å². The fourth-order valence-electron chi connectivity index (χ4n) is 0.673. The molecule has 0 spiro atoms. The summed E-state index contributed by atoms with van der Waals surface area (Å²) in [6.07, 6.45) is 0. The second-order valence-corrected chi connectivity index (χ2v) is 9.75. The standard InChI is InChI=1S/C6.6Sb/c1-2-4-6-5-3-1;;;;;;. The van der Waals surface area contributed by atoms with Crippen molar-refractivity contribution in [3.63, 3.8) is 0 Å². The van der Waals surface area contributed by atoms with Crippen LogP contribution in [0.3, 0.4) is 0 Å². The summed E-state index contributed by atoms with van der Waals surface area (Å²) in [6.45, 7) is 0. The molecule has 0 bridgehead atoms. The van der Waals surface area contributed by atoms with Crippen molar-refractivity contribution >= 4 is 159 Å². The van der Waals surface area contributed by atoms with Gasteiger partial charge in [-0.15, -0.1) is 0 Å².